The zero-order valence-electron chi connectivity index (χ0n) is 16.4. The third-order valence-electron chi connectivity index (χ3n) is 4.88. The Labute approximate surface area is 166 Å². The van der Waals surface area contributed by atoms with Crippen LogP contribution in [0.25, 0.3) is 0 Å². The summed E-state index contributed by atoms with van der Waals surface area (Å²) in [5.41, 5.74) is 12.7. The standard InChI is InChI=1S/C21H28ClN3O2/c1-5-27-20(26)11-18(15-7-6-13(2)16(10-15)12-22)17-8-9-19(25(4)24)21(23)14(17)3/h6-10,18H,5,11-12,23-24H2,1-4H3/t18-/m1/s1. The molecule has 0 radical (unpaired) electrons. The quantitative estimate of drug-likeness (QED) is 0.246. The molecule has 2 aromatic carbocycles. The van der Waals surface area contributed by atoms with Crippen LogP contribution < -0.4 is 16.6 Å². The summed E-state index contributed by atoms with van der Waals surface area (Å²) in [4.78, 5) is 12.3. The monoisotopic (exact) mass is 389 g/mol. The van der Waals surface area contributed by atoms with Crippen LogP contribution in [-0.4, -0.2) is 19.6 Å². The van der Waals surface area contributed by atoms with Gasteiger partial charge in [0.15, 0.2) is 0 Å². The molecule has 5 nitrogen and oxygen atoms in total. The molecule has 2 rings (SSSR count). The van der Waals surface area contributed by atoms with Crippen molar-refractivity contribution in [1.82, 2.24) is 0 Å². The van der Waals surface area contributed by atoms with Crippen LogP contribution in [0.5, 0.6) is 0 Å². The van der Waals surface area contributed by atoms with E-state index in [1.807, 2.05) is 38.1 Å². The van der Waals surface area contributed by atoms with E-state index in [4.69, 9.17) is 27.9 Å². The zero-order chi connectivity index (χ0) is 20.1. The number of esters is 1. The molecule has 6 heteroatoms. The maximum atomic E-state index is 12.3. The van der Waals surface area contributed by atoms with Gasteiger partial charge < -0.3 is 15.5 Å². The molecule has 0 unspecified atom stereocenters. The number of alkyl halides is 1. The number of anilines is 2. The lowest BCUT2D eigenvalue weighted by atomic mass is 9.84. The fourth-order valence-corrected chi connectivity index (χ4v) is 3.55. The minimum absolute atomic E-state index is 0.175. The molecule has 0 fully saturated rings. The van der Waals surface area contributed by atoms with E-state index in [0.717, 1.165) is 33.5 Å². The molecular weight excluding hydrogens is 362 g/mol. The number of benzene rings is 2. The van der Waals surface area contributed by atoms with Gasteiger partial charge in [-0.25, -0.2) is 5.84 Å². The summed E-state index contributed by atoms with van der Waals surface area (Å²) in [6, 6.07) is 9.99. The number of ether oxygens (including phenoxy) is 1. The van der Waals surface area contributed by atoms with Crippen LogP contribution >= 0.6 is 11.6 Å². The van der Waals surface area contributed by atoms with E-state index in [2.05, 4.69) is 6.07 Å². The summed E-state index contributed by atoms with van der Waals surface area (Å²) in [7, 11) is 1.74. The fourth-order valence-electron chi connectivity index (χ4n) is 3.26. The predicted molar refractivity (Wildman–Crippen MR) is 112 cm³/mol. The predicted octanol–water partition coefficient (Wildman–Crippen LogP) is 4.02. The van der Waals surface area contributed by atoms with Crippen LogP contribution in [0.3, 0.4) is 0 Å². The molecule has 4 N–H and O–H groups in total. The summed E-state index contributed by atoms with van der Waals surface area (Å²) in [5, 5.41) is 1.49. The highest BCUT2D eigenvalue weighted by Gasteiger charge is 2.23. The lowest BCUT2D eigenvalue weighted by molar-refractivity contribution is -0.143. The molecule has 0 heterocycles. The molecule has 1 atom stereocenters. The first-order valence-electron chi connectivity index (χ1n) is 8.98. The average molecular weight is 390 g/mol. The zero-order valence-corrected chi connectivity index (χ0v) is 17.1. The van der Waals surface area contributed by atoms with Gasteiger partial charge in [0.25, 0.3) is 0 Å². The number of hydrogen-bond acceptors (Lipinski definition) is 5. The molecule has 27 heavy (non-hydrogen) atoms. The van der Waals surface area contributed by atoms with Crippen molar-refractivity contribution in [3.8, 4) is 0 Å². The van der Waals surface area contributed by atoms with Gasteiger partial charge >= 0.3 is 5.97 Å². The Balaban J connectivity index is 2.57. The van der Waals surface area contributed by atoms with Crippen molar-refractivity contribution in [1.29, 1.82) is 0 Å². The van der Waals surface area contributed by atoms with Crippen molar-refractivity contribution in [3.63, 3.8) is 0 Å². The number of nitrogen functional groups attached to an aromatic ring is 1. The number of nitrogens with two attached hydrogens (primary N) is 2. The third-order valence-corrected chi connectivity index (χ3v) is 5.17. The van der Waals surface area contributed by atoms with Gasteiger partial charge in [-0.05, 0) is 54.7 Å². The largest absolute Gasteiger partial charge is 0.466 e. The highest BCUT2D eigenvalue weighted by molar-refractivity contribution is 6.17. The molecule has 0 saturated heterocycles. The molecule has 0 spiro atoms. The highest BCUT2D eigenvalue weighted by atomic mass is 35.5. The molecular formula is C21H28ClN3O2. The number of carbonyl (C=O) groups excluding carboxylic acids is 1. The Morgan fingerprint density at radius 1 is 1.26 bits per heavy atom. The van der Waals surface area contributed by atoms with Crippen molar-refractivity contribution in [2.75, 3.05) is 24.4 Å². The SMILES string of the molecule is CCOC(=O)C[C@H](c1ccc(C)c(CCl)c1)c1ccc(N(C)N)c(N)c1C. The highest BCUT2D eigenvalue weighted by Crippen LogP contribution is 2.37. The average Bonchev–Trinajstić information content (AvgIpc) is 2.63. The Bertz CT molecular complexity index is 821. The number of aryl methyl sites for hydroxylation is 1. The lowest BCUT2D eigenvalue weighted by Gasteiger charge is -2.24. The van der Waals surface area contributed by atoms with Crippen LogP contribution in [0.1, 0.15) is 47.1 Å². The number of nitrogens with zero attached hydrogens (tertiary/aromatic N) is 1. The van der Waals surface area contributed by atoms with Gasteiger partial charge in [0.2, 0.25) is 0 Å². The van der Waals surface area contributed by atoms with Crippen molar-refractivity contribution in [3.05, 3.63) is 58.1 Å². The molecule has 146 valence electrons. The first-order chi connectivity index (χ1) is 12.8. The van der Waals surface area contributed by atoms with Crippen molar-refractivity contribution in [2.24, 2.45) is 5.84 Å². The lowest BCUT2D eigenvalue weighted by Crippen LogP contribution is -2.26. The van der Waals surface area contributed by atoms with E-state index < -0.39 is 0 Å². The van der Waals surface area contributed by atoms with Crippen LogP contribution in [0, 0.1) is 13.8 Å². The molecule has 0 amide bonds. The van der Waals surface area contributed by atoms with Gasteiger partial charge in [0.05, 0.1) is 24.4 Å². The molecule has 0 aliphatic heterocycles. The van der Waals surface area contributed by atoms with Gasteiger partial charge in [-0.3, -0.25) is 4.79 Å². The molecule has 0 saturated carbocycles. The third kappa shape index (κ3) is 4.73. The van der Waals surface area contributed by atoms with E-state index in [9.17, 15) is 4.79 Å². The maximum absolute atomic E-state index is 12.3. The van der Waals surface area contributed by atoms with Crippen LogP contribution in [0.15, 0.2) is 30.3 Å². The van der Waals surface area contributed by atoms with Crippen LogP contribution in [-0.2, 0) is 15.4 Å². The summed E-state index contributed by atoms with van der Waals surface area (Å²) >= 11 is 6.09. The second-order valence-electron chi connectivity index (χ2n) is 6.70. The Kier molecular flexibility index (Phi) is 7.11. The topological polar surface area (TPSA) is 81.6 Å². The van der Waals surface area contributed by atoms with E-state index in [1.165, 1.54) is 5.01 Å². The van der Waals surface area contributed by atoms with E-state index in [1.54, 1.807) is 14.0 Å². The van der Waals surface area contributed by atoms with Gasteiger partial charge in [-0.15, -0.1) is 11.6 Å². The second-order valence-corrected chi connectivity index (χ2v) is 6.97. The van der Waals surface area contributed by atoms with Crippen molar-refractivity contribution >= 4 is 28.9 Å². The van der Waals surface area contributed by atoms with Crippen molar-refractivity contribution < 1.29 is 9.53 Å². The van der Waals surface area contributed by atoms with Crippen LogP contribution in [0.4, 0.5) is 11.4 Å². The number of hydrogen-bond donors (Lipinski definition) is 2. The van der Waals surface area contributed by atoms with Gasteiger partial charge in [-0.2, -0.15) is 0 Å². The summed E-state index contributed by atoms with van der Waals surface area (Å²) in [6.45, 7) is 6.13. The first-order valence-corrected chi connectivity index (χ1v) is 9.51. The second kappa shape index (κ2) is 9.11. The first kappa shape index (κ1) is 21.1. The summed E-state index contributed by atoms with van der Waals surface area (Å²) in [5.74, 6) is 5.86. The minimum Gasteiger partial charge on any atom is -0.466 e. The molecule has 0 bridgehead atoms. The minimum atomic E-state index is -0.242. The normalized spacial score (nSPS) is 11.9. The van der Waals surface area contributed by atoms with E-state index >= 15 is 0 Å². The number of rotatable bonds is 7. The number of hydrazine groups is 1. The maximum Gasteiger partial charge on any atom is 0.306 e. The fraction of sp³-hybridized carbons (Fsp3) is 0.381. The number of carbonyl (C=O) groups is 1. The molecule has 0 aliphatic carbocycles. The smallest absolute Gasteiger partial charge is 0.306 e. The van der Waals surface area contributed by atoms with Crippen molar-refractivity contribution in [2.45, 2.75) is 39.0 Å². The Hall–Kier alpha value is -2.24. The Morgan fingerprint density at radius 2 is 1.96 bits per heavy atom. The van der Waals surface area contributed by atoms with Gasteiger partial charge in [0.1, 0.15) is 0 Å². The van der Waals surface area contributed by atoms with E-state index in [0.29, 0.717) is 18.2 Å². The number of halogens is 1. The summed E-state index contributed by atoms with van der Waals surface area (Å²) < 4.78 is 5.20. The summed E-state index contributed by atoms with van der Waals surface area (Å²) in [6.07, 6.45) is 0.233. The van der Waals surface area contributed by atoms with Crippen LogP contribution in [0.2, 0.25) is 0 Å². The van der Waals surface area contributed by atoms with Gasteiger partial charge in [-0.1, -0.05) is 24.3 Å². The molecule has 0 aliphatic rings. The molecule has 0 aromatic heterocycles. The molecule has 2 aromatic rings. The van der Waals surface area contributed by atoms with E-state index in [-0.39, 0.29) is 18.3 Å². The van der Waals surface area contributed by atoms with Gasteiger partial charge in [0, 0.05) is 18.8 Å². The Morgan fingerprint density at radius 3 is 2.56 bits per heavy atom.